The smallest absolute Gasteiger partial charge is 0.294 e. The Labute approximate surface area is 210 Å². The largest absolute Gasteiger partial charge is 0.496 e. The Kier molecular flexibility index (Phi) is 7.47. The van der Waals surface area contributed by atoms with Gasteiger partial charge in [0.05, 0.1) is 34.2 Å². The normalized spacial score (nSPS) is 10.9. The van der Waals surface area contributed by atoms with Gasteiger partial charge in [0, 0.05) is 17.2 Å². The van der Waals surface area contributed by atoms with Crippen molar-refractivity contribution in [1.29, 1.82) is 0 Å². The van der Waals surface area contributed by atoms with Gasteiger partial charge in [-0.2, -0.15) is 9.78 Å². The lowest BCUT2D eigenvalue weighted by atomic mass is 10.1. The van der Waals surface area contributed by atoms with Crippen molar-refractivity contribution in [1.82, 2.24) is 30.7 Å². The molecule has 192 valence electrons. The summed E-state index contributed by atoms with van der Waals surface area (Å²) in [5.74, 6) is 1.49. The Hall–Kier alpha value is -5.14. The first kappa shape index (κ1) is 25.0. The van der Waals surface area contributed by atoms with Gasteiger partial charge in [0.1, 0.15) is 17.2 Å². The van der Waals surface area contributed by atoms with E-state index in [0.29, 0.717) is 46.4 Å². The highest BCUT2D eigenvalue weighted by Crippen LogP contribution is 2.34. The highest BCUT2D eigenvalue weighted by atomic mass is 16.6. The molecule has 0 bridgehead atoms. The third kappa shape index (κ3) is 5.12. The van der Waals surface area contributed by atoms with Crippen LogP contribution in [0.3, 0.4) is 0 Å². The second kappa shape index (κ2) is 11.1. The monoisotopic (exact) mass is 508 g/mol. The molecule has 4 aromatic rings. The maximum Gasteiger partial charge on any atom is 0.294 e. The van der Waals surface area contributed by atoms with Gasteiger partial charge in [-0.15, -0.1) is 5.10 Å². The van der Waals surface area contributed by atoms with Crippen LogP contribution in [0.4, 0.5) is 5.82 Å². The quantitative estimate of drug-likeness (QED) is 0.237. The van der Waals surface area contributed by atoms with Crippen LogP contribution in [0.5, 0.6) is 23.0 Å². The highest BCUT2D eigenvalue weighted by molar-refractivity contribution is 5.99. The molecule has 0 atom stereocenters. The number of anilines is 1. The van der Waals surface area contributed by atoms with Crippen molar-refractivity contribution in [2.45, 2.75) is 6.92 Å². The van der Waals surface area contributed by atoms with Crippen LogP contribution in [0, 0.1) is 0 Å². The number of nitrogens with zero attached hydrogens (tertiary/aromatic N) is 6. The molecule has 2 aromatic heterocycles. The fourth-order valence-electron chi connectivity index (χ4n) is 3.42. The molecule has 0 saturated carbocycles. The number of nitrogen functional groups attached to an aromatic ring is 1. The third-order valence-corrected chi connectivity index (χ3v) is 5.13. The van der Waals surface area contributed by atoms with E-state index in [1.165, 1.54) is 32.2 Å². The average molecular weight is 508 g/mol. The average Bonchev–Trinajstić information content (AvgIpc) is 3.54. The zero-order valence-corrected chi connectivity index (χ0v) is 20.5. The van der Waals surface area contributed by atoms with Crippen LogP contribution >= 0.6 is 0 Å². The van der Waals surface area contributed by atoms with E-state index in [4.69, 9.17) is 29.3 Å². The zero-order chi connectivity index (χ0) is 26.4. The number of aromatic nitrogens is 5. The summed E-state index contributed by atoms with van der Waals surface area (Å²) in [6, 6.07) is 10.3. The summed E-state index contributed by atoms with van der Waals surface area (Å²) in [7, 11) is 4.53. The van der Waals surface area contributed by atoms with Crippen LogP contribution in [0.2, 0.25) is 0 Å². The summed E-state index contributed by atoms with van der Waals surface area (Å²) in [5.41, 5.74) is 9.69. The molecule has 0 saturated heterocycles. The molecule has 3 N–H and O–H groups in total. The minimum atomic E-state index is -0.638. The number of hydrogen-bond donors (Lipinski definition) is 2. The van der Waals surface area contributed by atoms with Gasteiger partial charge < -0.3 is 24.7 Å². The van der Waals surface area contributed by atoms with E-state index >= 15 is 0 Å². The minimum Gasteiger partial charge on any atom is -0.496 e. The molecule has 0 fully saturated rings. The molecular weight excluding hydrogens is 484 g/mol. The van der Waals surface area contributed by atoms with Gasteiger partial charge in [-0.3, -0.25) is 4.79 Å². The molecule has 37 heavy (non-hydrogen) atoms. The number of benzene rings is 2. The Morgan fingerprint density at radius 1 is 1.08 bits per heavy atom. The summed E-state index contributed by atoms with van der Waals surface area (Å²) in [5, 5.41) is 19.5. The van der Waals surface area contributed by atoms with Gasteiger partial charge in [-0.05, 0) is 47.6 Å². The number of carbonyl (C=O) groups excluding carboxylic acids is 1. The van der Waals surface area contributed by atoms with Gasteiger partial charge in [0.25, 0.3) is 5.91 Å². The molecule has 2 heterocycles. The minimum absolute atomic E-state index is 0.0254. The van der Waals surface area contributed by atoms with Crippen molar-refractivity contribution in [3.63, 3.8) is 0 Å². The van der Waals surface area contributed by atoms with Crippen molar-refractivity contribution < 1.29 is 28.4 Å². The third-order valence-electron chi connectivity index (χ3n) is 5.13. The molecular formula is C23H24N8O6. The lowest BCUT2D eigenvalue weighted by Gasteiger charge is -2.11. The molecule has 0 radical (unpaired) electrons. The van der Waals surface area contributed by atoms with E-state index in [1.54, 1.807) is 36.4 Å². The first-order chi connectivity index (χ1) is 18.0. The van der Waals surface area contributed by atoms with Crippen molar-refractivity contribution in [3.8, 4) is 40.1 Å². The van der Waals surface area contributed by atoms with E-state index in [1.807, 2.05) is 6.92 Å². The molecule has 4 rings (SSSR count). The first-order valence-corrected chi connectivity index (χ1v) is 10.9. The van der Waals surface area contributed by atoms with Crippen LogP contribution in [0.1, 0.15) is 23.0 Å². The van der Waals surface area contributed by atoms with Gasteiger partial charge >= 0.3 is 0 Å². The molecule has 1 amide bonds. The molecule has 0 spiro atoms. The Morgan fingerprint density at radius 3 is 2.41 bits per heavy atom. The fraction of sp³-hybridized carbons (Fsp3) is 0.217. The van der Waals surface area contributed by atoms with Crippen LogP contribution in [-0.4, -0.2) is 65.4 Å². The van der Waals surface area contributed by atoms with Crippen LogP contribution < -0.4 is 30.1 Å². The lowest BCUT2D eigenvalue weighted by Crippen LogP contribution is -2.19. The summed E-state index contributed by atoms with van der Waals surface area (Å²) >= 11 is 0. The molecule has 2 aromatic carbocycles. The first-order valence-electron chi connectivity index (χ1n) is 10.9. The van der Waals surface area contributed by atoms with Gasteiger partial charge in [-0.1, -0.05) is 5.21 Å². The number of hydrazone groups is 1. The van der Waals surface area contributed by atoms with E-state index < -0.39 is 5.91 Å². The zero-order valence-electron chi connectivity index (χ0n) is 20.5. The van der Waals surface area contributed by atoms with Crippen LogP contribution in [0.15, 0.2) is 46.1 Å². The Bertz CT molecular complexity index is 1410. The van der Waals surface area contributed by atoms with E-state index in [2.05, 4.69) is 31.2 Å². The number of carbonyl (C=O) groups is 1. The second-order valence-corrected chi connectivity index (χ2v) is 7.28. The van der Waals surface area contributed by atoms with E-state index in [9.17, 15) is 4.79 Å². The predicted octanol–water partition coefficient (Wildman–Crippen LogP) is 2.09. The maximum absolute atomic E-state index is 13.1. The SMILES string of the molecule is CCOc1ccc(-c2c(C(=O)NN=Cc3cc(OC)c(OC)cc3OC)nnn2-c2nonc2N)cc1. The fourth-order valence-corrected chi connectivity index (χ4v) is 3.42. The molecule has 14 nitrogen and oxygen atoms in total. The number of ether oxygens (including phenoxy) is 4. The maximum atomic E-state index is 13.1. The van der Waals surface area contributed by atoms with Crippen molar-refractivity contribution in [3.05, 3.63) is 47.7 Å². The van der Waals surface area contributed by atoms with E-state index in [0.717, 1.165) is 0 Å². The van der Waals surface area contributed by atoms with Crippen LogP contribution in [-0.2, 0) is 0 Å². The number of hydrogen-bond acceptors (Lipinski definition) is 12. The summed E-state index contributed by atoms with van der Waals surface area (Å²) in [6.07, 6.45) is 1.40. The molecule has 0 aliphatic rings. The summed E-state index contributed by atoms with van der Waals surface area (Å²) < 4.78 is 27.4. The molecule has 0 aliphatic carbocycles. The number of methoxy groups -OCH3 is 3. The lowest BCUT2D eigenvalue weighted by molar-refractivity contribution is 0.0950. The summed E-state index contributed by atoms with van der Waals surface area (Å²) in [6.45, 7) is 2.39. The molecule has 0 aliphatic heterocycles. The summed E-state index contributed by atoms with van der Waals surface area (Å²) in [4.78, 5) is 13.1. The predicted molar refractivity (Wildman–Crippen MR) is 131 cm³/mol. The van der Waals surface area contributed by atoms with Crippen LogP contribution in [0.25, 0.3) is 17.1 Å². The number of nitrogens with one attached hydrogen (secondary N) is 1. The Balaban J connectivity index is 1.66. The molecule has 0 unspecified atom stereocenters. The van der Waals surface area contributed by atoms with Gasteiger partial charge in [-0.25, -0.2) is 10.1 Å². The van der Waals surface area contributed by atoms with Crippen molar-refractivity contribution >= 4 is 17.9 Å². The van der Waals surface area contributed by atoms with Gasteiger partial charge in [0.2, 0.25) is 11.6 Å². The van der Waals surface area contributed by atoms with Crippen molar-refractivity contribution in [2.75, 3.05) is 33.7 Å². The number of nitrogens with two attached hydrogens (primary N) is 1. The second-order valence-electron chi connectivity index (χ2n) is 7.28. The van der Waals surface area contributed by atoms with E-state index in [-0.39, 0.29) is 17.3 Å². The van der Waals surface area contributed by atoms with Gasteiger partial charge in [0.15, 0.2) is 17.2 Å². The topological polar surface area (TPSA) is 174 Å². The number of amides is 1. The number of rotatable bonds is 10. The molecule has 14 heteroatoms. The standard InChI is InChI=1S/C23H24N8O6/c1-5-36-15-8-6-13(7-9-15)20-19(26-30-31(20)22-21(24)28-37-29-22)23(32)27-25-12-14-10-17(34-3)18(35-4)11-16(14)33-2/h6-12H,5H2,1-4H3,(H2,24,28)(H,27,32). The Morgan fingerprint density at radius 2 is 1.78 bits per heavy atom. The highest BCUT2D eigenvalue weighted by Gasteiger charge is 2.25. The van der Waals surface area contributed by atoms with Crippen molar-refractivity contribution in [2.24, 2.45) is 5.10 Å².